The van der Waals surface area contributed by atoms with Crippen LogP contribution < -0.4 is 5.73 Å². The number of nitrogens with two attached hydrogens (primary N) is 1. The summed E-state index contributed by atoms with van der Waals surface area (Å²) in [7, 11) is 1.76. The second-order valence-electron chi connectivity index (χ2n) is 4.42. The molecule has 0 spiro atoms. The molecule has 0 radical (unpaired) electrons. The average Bonchev–Trinajstić information content (AvgIpc) is 2.75. The van der Waals surface area contributed by atoms with Gasteiger partial charge in [-0.2, -0.15) is 18.3 Å². The molecule has 1 aromatic heterocycles. The molecule has 1 unspecified atom stereocenters. The van der Waals surface area contributed by atoms with Gasteiger partial charge in [0.25, 0.3) is 0 Å². The van der Waals surface area contributed by atoms with E-state index >= 15 is 0 Å². The van der Waals surface area contributed by atoms with Crippen molar-refractivity contribution >= 4 is 0 Å². The first-order valence-electron chi connectivity index (χ1n) is 5.77. The lowest BCUT2D eigenvalue weighted by Crippen LogP contribution is -2.15. The molecule has 1 atom stereocenters. The number of aromatic nitrogens is 2. The van der Waals surface area contributed by atoms with E-state index in [1.807, 2.05) is 0 Å². The first-order valence-corrected chi connectivity index (χ1v) is 5.77. The van der Waals surface area contributed by atoms with Gasteiger partial charge in [-0.15, -0.1) is 0 Å². The third-order valence-electron chi connectivity index (χ3n) is 2.82. The van der Waals surface area contributed by atoms with Gasteiger partial charge >= 0.3 is 6.18 Å². The van der Waals surface area contributed by atoms with Gasteiger partial charge in [-0.1, -0.05) is 18.2 Å². The predicted octanol–water partition coefficient (Wildman–Crippen LogP) is 2.68. The summed E-state index contributed by atoms with van der Waals surface area (Å²) >= 11 is 0. The molecule has 0 amide bonds. The molecule has 0 aliphatic carbocycles. The Bertz CT molecular complexity index is 560. The Balaban J connectivity index is 2.15. The van der Waals surface area contributed by atoms with Gasteiger partial charge in [0.2, 0.25) is 0 Å². The van der Waals surface area contributed by atoms with E-state index in [1.54, 1.807) is 30.1 Å². The third kappa shape index (κ3) is 3.35. The van der Waals surface area contributed by atoms with Crippen LogP contribution >= 0.6 is 0 Å². The van der Waals surface area contributed by atoms with Gasteiger partial charge in [-0.25, -0.2) is 0 Å². The summed E-state index contributed by atoms with van der Waals surface area (Å²) in [5.41, 5.74) is 6.50. The summed E-state index contributed by atoms with van der Waals surface area (Å²) in [6.45, 7) is 0. The molecule has 0 aliphatic heterocycles. The molecule has 2 rings (SSSR count). The van der Waals surface area contributed by atoms with Crippen molar-refractivity contribution in [2.75, 3.05) is 0 Å². The van der Waals surface area contributed by atoms with E-state index in [1.165, 1.54) is 6.07 Å². The van der Waals surface area contributed by atoms with Crippen molar-refractivity contribution in [2.24, 2.45) is 12.8 Å². The van der Waals surface area contributed by atoms with Gasteiger partial charge in [0, 0.05) is 13.2 Å². The van der Waals surface area contributed by atoms with E-state index in [9.17, 15) is 13.2 Å². The van der Waals surface area contributed by atoms with Crippen molar-refractivity contribution in [1.29, 1.82) is 0 Å². The minimum Gasteiger partial charge on any atom is -0.322 e. The molecule has 2 aromatic rings. The monoisotopic (exact) mass is 269 g/mol. The number of benzene rings is 1. The van der Waals surface area contributed by atoms with E-state index in [0.29, 0.717) is 17.7 Å². The van der Waals surface area contributed by atoms with Crippen molar-refractivity contribution in [2.45, 2.75) is 18.6 Å². The lowest BCUT2D eigenvalue weighted by molar-refractivity contribution is -0.137. The second kappa shape index (κ2) is 5.05. The largest absolute Gasteiger partial charge is 0.416 e. The van der Waals surface area contributed by atoms with Crippen LogP contribution in [0.15, 0.2) is 36.5 Å². The van der Waals surface area contributed by atoms with Crippen LogP contribution in [0, 0.1) is 0 Å². The highest BCUT2D eigenvalue weighted by Crippen LogP contribution is 2.30. The van der Waals surface area contributed by atoms with E-state index < -0.39 is 17.8 Å². The van der Waals surface area contributed by atoms with Crippen LogP contribution in [0.25, 0.3) is 0 Å². The van der Waals surface area contributed by atoms with Gasteiger partial charge in [-0.3, -0.25) is 4.68 Å². The van der Waals surface area contributed by atoms with Crippen LogP contribution in [0.1, 0.15) is 22.9 Å². The molecule has 1 aromatic carbocycles. The van der Waals surface area contributed by atoms with Gasteiger partial charge in [0.15, 0.2) is 0 Å². The van der Waals surface area contributed by atoms with E-state index in [4.69, 9.17) is 5.73 Å². The second-order valence-corrected chi connectivity index (χ2v) is 4.42. The molecule has 0 saturated carbocycles. The molecule has 6 heteroatoms. The minimum absolute atomic E-state index is 0.320. The Hall–Kier alpha value is -1.82. The van der Waals surface area contributed by atoms with E-state index in [-0.39, 0.29) is 0 Å². The summed E-state index contributed by atoms with van der Waals surface area (Å²) in [6, 6.07) is 6.56. The van der Waals surface area contributed by atoms with Crippen LogP contribution in [-0.4, -0.2) is 9.78 Å². The normalized spacial score (nSPS) is 13.5. The number of rotatable bonds is 3. The van der Waals surface area contributed by atoms with E-state index in [2.05, 4.69) is 5.10 Å². The molecular formula is C13H14F3N3. The van der Waals surface area contributed by atoms with Gasteiger partial charge in [0.1, 0.15) is 0 Å². The predicted molar refractivity (Wildman–Crippen MR) is 65.3 cm³/mol. The fourth-order valence-corrected chi connectivity index (χ4v) is 1.86. The molecule has 19 heavy (non-hydrogen) atoms. The van der Waals surface area contributed by atoms with Crippen LogP contribution in [0.5, 0.6) is 0 Å². The van der Waals surface area contributed by atoms with Gasteiger partial charge in [-0.05, 0) is 24.1 Å². The number of hydrogen-bond acceptors (Lipinski definition) is 2. The fourth-order valence-electron chi connectivity index (χ4n) is 1.86. The molecule has 1 heterocycles. The summed E-state index contributed by atoms with van der Waals surface area (Å²) in [6.07, 6.45) is -2.26. The Morgan fingerprint density at radius 1 is 1.32 bits per heavy atom. The highest BCUT2D eigenvalue weighted by atomic mass is 19.4. The Morgan fingerprint density at radius 2 is 2.05 bits per heavy atom. The standard InChI is InChI=1S/C13H14F3N3/c1-19-6-5-12(18-19)11(17)8-9-3-2-4-10(7-9)13(14,15)16/h2-7,11H,8,17H2,1H3. The number of aryl methyl sites for hydroxylation is 1. The quantitative estimate of drug-likeness (QED) is 0.931. The molecular weight excluding hydrogens is 255 g/mol. The zero-order chi connectivity index (χ0) is 14.0. The average molecular weight is 269 g/mol. The number of hydrogen-bond donors (Lipinski definition) is 1. The maximum Gasteiger partial charge on any atom is 0.416 e. The smallest absolute Gasteiger partial charge is 0.322 e. The molecule has 3 nitrogen and oxygen atoms in total. The summed E-state index contributed by atoms with van der Waals surface area (Å²) in [5.74, 6) is 0. The van der Waals surface area contributed by atoms with Crippen molar-refractivity contribution in [1.82, 2.24) is 9.78 Å². The zero-order valence-electron chi connectivity index (χ0n) is 10.4. The molecule has 0 bridgehead atoms. The molecule has 0 saturated heterocycles. The molecule has 0 aliphatic rings. The van der Waals surface area contributed by atoms with Crippen LogP contribution in [0.2, 0.25) is 0 Å². The number of nitrogens with zero attached hydrogens (tertiary/aromatic N) is 2. The molecule has 2 N–H and O–H groups in total. The lowest BCUT2D eigenvalue weighted by atomic mass is 10.0. The molecule has 0 fully saturated rings. The first-order chi connectivity index (χ1) is 8.86. The summed E-state index contributed by atoms with van der Waals surface area (Å²) in [4.78, 5) is 0. The topological polar surface area (TPSA) is 43.8 Å². The van der Waals surface area contributed by atoms with Crippen molar-refractivity contribution in [3.05, 3.63) is 53.3 Å². The van der Waals surface area contributed by atoms with Crippen molar-refractivity contribution in [3.63, 3.8) is 0 Å². The Kier molecular flexibility index (Phi) is 3.61. The van der Waals surface area contributed by atoms with Gasteiger partial charge in [0.05, 0.1) is 17.3 Å². The zero-order valence-corrected chi connectivity index (χ0v) is 10.4. The maximum absolute atomic E-state index is 12.6. The third-order valence-corrected chi connectivity index (χ3v) is 2.82. The fraction of sp³-hybridized carbons (Fsp3) is 0.308. The molecule has 102 valence electrons. The highest BCUT2D eigenvalue weighted by molar-refractivity contribution is 5.27. The van der Waals surface area contributed by atoms with Crippen molar-refractivity contribution in [3.8, 4) is 0 Å². The van der Waals surface area contributed by atoms with Crippen LogP contribution in [0.4, 0.5) is 13.2 Å². The maximum atomic E-state index is 12.6. The highest BCUT2D eigenvalue weighted by Gasteiger charge is 2.30. The summed E-state index contributed by atoms with van der Waals surface area (Å²) < 4.78 is 39.4. The minimum atomic E-state index is -4.33. The lowest BCUT2D eigenvalue weighted by Gasteiger charge is -2.11. The Labute approximate surface area is 108 Å². The summed E-state index contributed by atoms with van der Waals surface area (Å²) in [5, 5.41) is 4.15. The van der Waals surface area contributed by atoms with Crippen LogP contribution in [0.3, 0.4) is 0 Å². The van der Waals surface area contributed by atoms with Crippen molar-refractivity contribution < 1.29 is 13.2 Å². The van der Waals surface area contributed by atoms with E-state index in [0.717, 1.165) is 12.1 Å². The number of halogens is 3. The first kappa shape index (κ1) is 13.6. The SMILES string of the molecule is Cn1ccc(C(N)Cc2cccc(C(F)(F)F)c2)n1. The van der Waals surface area contributed by atoms with Gasteiger partial charge < -0.3 is 5.73 Å². The number of alkyl halides is 3. The Morgan fingerprint density at radius 3 is 2.63 bits per heavy atom. The van der Waals surface area contributed by atoms with Crippen LogP contribution in [-0.2, 0) is 19.6 Å².